The SMILES string of the molecule is CCN(CC)OP(ON(CC)CC)ON(CC)CC.[Ni]. The van der Waals surface area contributed by atoms with Crippen molar-refractivity contribution in [3.05, 3.63) is 0 Å². The van der Waals surface area contributed by atoms with Gasteiger partial charge in [-0.2, -0.15) is 15.2 Å². The van der Waals surface area contributed by atoms with Crippen molar-refractivity contribution in [1.29, 1.82) is 0 Å². The van der Waals surface area contributed by atoms with E-state index in [4.69, 9.17) is 13.9 Å². The Kier molecular flexibility index (Phi) is 16.8. The minimum atomic E-state index is -1.44. The molecule has 0 atom stereocenters. The molecule has 0 radical (unpaired) electrons. The molecule has 0 aromatic heterocycles. The van der Waals surface area contributed by atoms with Gasteiger partial charge in [0, 0.05) is 55.8 Å². The molecule has 0 unspecified atom stereocenters. The summed E-state index contributed by atoms with van der Waals surface area (Å²) in [5.74, 6) is 0. The molecule has 0 aliphatic rings. The third-order valence-electron chi connectivity index (χ3n) is 2.66. The quantitative estimate of drug-likeness (QED) is 0.305. The first-order valence-electron chi connectivity index (χ1n) is 7.24. The summed E-state index contributed by atoms with van der Waals surface area (Å²) < 4.78 is 17.4. The fourth-order valence-corrected chi connectivity index (χ4v) is 2.69. The Morgan fingerprint density at radius 1 is 0.550 bits per heavy atom. The van der Waals surface area contributed by atoms with Gasteiger partial charge < -0.3 is 0 Å². The maximum Gasteiger partial charge on any atom is 0.387 e. The van der Waals surface area contributed by atoms with E-state index in [9.17, 15) is 0 Å². The average Bonchev–Trinajstić information content (AvgIpc) is 2.46. The Hall–Kier alpha value is 0.684. The fourth-order valence-electron chi connectivity index (χ4n) is 1.34. The van der Waals surface area contributed by atoms with Crippen LogP contribution in [0.4, 0.5) is 0 Å². The van der Waals surface area contributed by atoms with E-state index in [1.165, 1.54) is 0 Å². The zero-order chi connectivity index (χ0) is 14.7. The number of rotatable bonds is 12. The van der Waals surface area contributed by atoms with Crippen LogP contribution in [0, 0.1) is 0 Å². The molecule has 0 heterocycles. The number of hydrogen-bond donors (Lipinski definition) is 0. The molecular weight excluding hydrogens is 324 g/mol. The van der Waals surface area contributed by atoms with Crippen molar-refractivity contribution in [2.24, 2.45) is 0 Å². The van der Waals surface area contributed by atoms with E-state index in [0.29, 0.717) is 0 Å². The van der Waals surface area contributed by atoms with E-state index >= 15 is 0 Å². The summed E-state index contributed by atoms with van der Waals surface area (Å²) in [4.78, 5) is 0. The summed E-state index contributed by atoms with van der Waals surface area (Å²) in [5, 5.41) is 5.54. The Bertz CT molecular complexity index is 173. The van der Waals surface area contributed by atoms with Crippen LogP contribution >= 0.6 is 8.60 Å². The summed E-state index contributed by atoms with van der Waals surface area (Å²) in [7, 11) is -1.44. The molecule has 20 heavy (non-hydrogen) atoms. The molecule has 0 spiro atoms. The van der Waals surface area contributed by atoms with E-state index in [2.05, 4.69) is 0 Å². The van der Waals surface area contributed by atoms with Crippen LogP contribution in [0.25, 0.3) is 0 Å². The van der Waals surface area contributed by atoms with E-state index < -0.39 is 8.60 Å². The Labute approximate surface area is 135 Å². The van der Waals surface area contributed by atoms with Crippen molar-refractivity contribution in [1.82, 2.24) is 15.2 Å². The molecule has 0 aliphatic heterocycles. The second-order valence-corrected chi connectivity index (χ2v) is 4.75. The molecule has 0 aromatic carbocycles. The van der Waals surface area contributed by atoms with Gasteiger partial charge >= 0.3 is 8.60 Å². The molecule has 0 amide bonds. The van der Waals surface area contributed by atoms with Crippen LogP contribution in [0.2, 0.25) is 0 Å². The van der Waals surface area contributed by atoms with E-state index in [0.717, 1.165) is 39.3 Å². The third-order valence-corrected chi connectivity index (χ3v) is 3.76. The van der Waals surface area contributed by atoms with Gasteiger partial charge in [0.2, 0.25) is 0 Å². The molecule has 0 fully saturated rings. The van der Waals surface area contributed by atoms with Gasteiger partial charge in [-0.25, -0.2) is 13.9 Å². The van der Waals surface area contributed by atoms with Crippen molar-refractivity contribution >= 4 is 8.60 Å². The zero-order valence-electron chi connectivity index (χ0n) is 13.6. The van der Waals surface area contributed by atoms with Gasteiger partial charge in [-0.15, -0.1) is 0 Å². The average molecular weight is 354 g/mol. The van der Waals surface area contributed by atoms with Crippen molar-refractivity contribution in [2.75, 3.05) is 39.3 Å². The molecule has 0 rings (SSSR count). The van der Waals surface area contributed by atoms with E-state index in [1.807, 2.05) is 56.7 Å². The largest absolute Gasteiger partial charge is 0.387 e. The summed E-state index contributed by atoms with van der Waals surface area (Å²) in [6.07, 6.45) is 0. The van der Waals surface area contributed by atoms with Crippen LogP contribution in [0.1, 0.15) is 41.5 Å². The Morgan fingerprint density at radius 3 is 0.900 bits per heavy atom. The molecule has 0 bridgehead atoms. The summed E-state index contributed by atoms with van der Waals surface area (Å²) >= 11 is 0. The van der Waals surface area contributed by atoms with E-state index in [1.54, 1.807) is 0 Å². The fraction of sp³-hybridized carbons (Fsp3) is 1.00. The smallest absolute Gasteiger partial charge is 0.219 e. The summed E-state index contributed by atoms with van der Waals surface area (Å²) in [6.45, 7) is 17.1. The van der Waals surface area contributed by atoms with Gasteiger partial charge in [0.25, 0.3) is 0 Å². The predicted octanol–water partition coefficient (Wildman–Crippen LogP) is 3.03. The van der Waals surface area contributed by atoms with Gasteiger partial charge in [-0.3, -0.25) is 0 Å². The van der Waals surface area contributed by atoms with Gasteiger partial charge in [0.1, 0.15) is 0 Å². The first-order valence-corrected chi connectivity index (χ1v) is 8.33. The monoisotopic (exact) mass is 353 g/mol. The molecule has 126 valence electrons. The van der Waals surface area contributed by atoms with Crippen LogP contribution in [-0.2, 0) is 30.4 Å². The maximum atomic E-state index is 5.79. The standard InChI is InChI=1S/C12H30N3O3P.Ni/c1-7-13(8-2)16-19(17-14(9-3)10-4)18-15(11-5)12-6;/h7-12H2,1-6H3;. The third kappa shape index (κ3) is 9.59. The number of nitrogens with zero attached hydrogens (tertiary/aromatic N) is 3. The van der Waals surface area contributed by atoms with Gasteiger partial charge in [-0.05, 0) is 0 Å². The van der Waals surface area contributed by atoms with Gasteiger partial charge in [0.05, 0.1) is 0 Å². The van der Waals surface area contributed by atoms with Crippen molar-refractivity contribution in [3.63, 3.8) is 0 Å². The number of hydrogen-bond acceptors (Lipinski definition) is 6. The van der Waals surface area contributed by atoms with Crippen molar-refractivity contribution in [2.45, 2.75) is 41.5 Å². The van der Waals surface area contributed by atoms with Crippen molar-refractivity contribution in [3.8, 4) is 0 Å². The van der Waals surface area contributed by atoms with Crippen LogP contribution in [0.3, 0.4) is 0 Å². The first-order chi connectivity index (χ1) is 9.14. The molecule has 0 aromatic rings. The first kappa shape index (κ1) is 23.0. The van der Waals surface area contributed by atoms with Gasteiger partial charge in [0.15, 0.2) is 0 Å². The Morgan fingerprint density at radius 2 is 0.750 bits per heavy atom. The minimum absolute atomic E-state index is 0. The van der Waals surface area contributed by atoms with Crippen molar-refractivity contribution < 1.29 is 30.4 Å². The van der Waals surface area contributed by atoms with E-state index in [-0.39, 0.29) is 16.5 Å². The molecule has 0 N–H and O–H groups in total. The second kappa shape index (κ2) is 14.6. The topological polar surface area (TPSA) is 37.4 Å². The predicted molar refractivity (Wildman–Crippen MR) is 78.9 cm³/mol. The molecule has 0 aliphatic carbocycles. The van der Waals surface area contributed by atoms with Crippen LogP contribution in [0.15, 0.2) is 0 Å². The van der Waals surface area contributed by atoms with Crippen LogP contribution < -0.4 is 0 Å². The second-order valence-electron chi connectivity index (χ2n) is 3.81. The maximum absolute atomic E-state index is 5.79. The van der Waals surface area contributed by atoms with Crippen LogP contribution in [0.5, 0.6) is 0 Å². The molecule has 0 saturated carbocycles. The summed E-state index contributed by atoms with van der Waals surface area (Å²) in [5.41, 5.74) is 0. The van der Waals surface area contributed by atoms with Gasteiger partial charge in [-0.1, -0.05) is 41.5 Å². The normalized spacial score (nSPS) is 11.7. The minimum Gasteiger partial charge on any atom is -0.219 e. The molecule has 0 saturated heterocycles. The zero-order valence-corrected chi connectivity index (χ0v) is 15.5. The summed E-state index contributed by atoms with van der Waals surface area (Å²) in [6, 6.07) is 0. The van der Waals surface area contributed by atoms with Crippen LogP contribution in [-0.4, -0.2) is 54.5 Å². The molecule has 8 heteroatoms. The Balaban J connectivity index is 0. The number of hydroxylamine groups is 6. The molecule has 6 nitrogen and oxygen atoms in total. The molecular formula is C12H30N3NiO3P.